The fraction of sp³-hybridized carbons (Fsp3) is 0.909. The summed E-state index contributed by atoms with van der Waals surface area (Å²) in [4.78, 5) is 2.92. The molecule has 0 unspecified atom stereocenters. The lowest BCUT2D eigenvalue weighted by Crippen LogP contribution is -2.29. The predicted molar refractivity (Wildman–Crippen MR) is 70.8 cm³/mol. The zero-order chi connectivity index (χ0) is 12.2. The van der Waals surface area contributed by atoms with Gasteiger partial charge in [0.25, 0.3) is 0 Å². The molecule has 0 aliphatic heterocycles. The first-order valence-electron chi connectivity index (χ1n) is 5.78. The summed E-state index contributed by atoms with van der Waals surface area (Å²) in [5, 5.41) is 0. The van der Waals surface area contributed by atoms with Gasteiger partial charge in [0.1, 0.15) is 0 Å². The summed E-state index contributed by atoms with van der Waals surface area (Å²) in [5.74, 6) is 0. The predicted octanol–water partition coefficient (Wildman–Crippen LogP) is 1.04. The van der Waals surface area contributed by atoms with Crippen LogP contribution in [0.15, 0.2) is 0 Å². The van der Waals surface area contributed by atoms with Crippen LogP contribution in [-0.4, -0.2) is 56.5 Å². The Morgan fingerprint density at radius 3 is 2.56 bits per heavy atom. The van der Waals surface area contributed by atoms with Gasteiger partial charge in [-0.1, -0.05) is 19.1 Å². The summed E-state index contributed by atoms with van der Waals surface area (Å²) in [6.45, 7) is 7.28. The van der Waals surface area contributed by atoms with Crippen LogP contribution in [0.2, 0.25) is 0 Å². The van der Waals surface area contributed by atoms with E-state index in [2.05, 4.69) is 11.8 Å². The first kappa shape index (κ1) is 15.8. The number of thiocarbonyl (C=S) groups is 1. The van der Waals surface area contributed by atoms with E-state index in [9.17, 15) is 0 Å². The average Bonchev–Trinajstić information content (AvgIpc) is 2.27. The van der Waals surface area contributed by atoms with Crippen LogP contribution in [-0.2, 0) is 9.47 Å². The minimum Gasteiger partial charge on any atom is -0.393 e. The number of hydrogen-bond donors (Lipinski definition) is 1. The highest BCUT2D eigenvalue weighted by molar-refractivity contribution is 7.80. The van der Waals surface area contributed by atoms with Gasteiger partial charge >= 0.3 is 0 Å². The maximum Gasteiger partial charge on any atom is 0.0740 e. The van der Waals surface area contributed by atoms with E-state index in [4.69, 9.17) is 27.4 Å². The van der Waals surface area contributed by atoms with Crippen LogP contribution >= 0.6 is 12.2 Å². The molecule has 0 saturated heterocycles. The lowest BCUT2D eigenvalue weighted by Gasteiger charge is -2.19. The number of ether oxygens (including phenoxy) is 2. The minimum atomic E-state index is 0.592. The molecule has 0 saturated carbocycles. The van der Waals surface area contributed by atoms with Gasteiger partial charge in [0.15, 0.2) is 0 Å². The van der Waals surface area contributed by atoms with Crippen molar-refractivity contribution in [3.8, 4) is 0 Å². The number of nitrogens with two attached hydrogens (primary N) is 1. The second-order valence-corrected chi connectivity index (χ2v) is 4.13. The molecule has 0 bridgehead atoms. The first-order valence-corrected chi connectivity index (χ1v) is 6.18. The molecule has 0 atom stereocenters. The third-order valence-electron chi connectivity index (χ3n) is 2.32. The standard InChI is InChI=1S/C11H24N2O2S/c1-3-13(7-5-11(12)16)6-4-8-15-10-9-14-2/h3-10H2,1-2H3,(H2,12,16). The molecule has 0 aromatic heterocycles. The van der Waals surface area contributed by atoms with Crippen molar-refractivity contribution >= 4 is 17.2 Å². The van der Waals surface area contributed by atoms with Gasteiger partial charge in [-0.15, -0.1) is 0 Å². The van der Waals surface area contributed by atoms with Crippen molar-refractivity contribution in [1.29, 1.82) is 0 Å². The smallest absolute Gasteiger partial charge is 0.0740 e. The van der Waals surface area contributed by atoms with Gasteiger partial charge in [-0.25, -0.2) is 0 Å². The number of methoxy groups -OCH3 is 1. The van der Waals surface area contributed by atoms with Crippen molar-refractivity contribution in [2.75, 3.05) is 46.6 Å². The van der Waals surface area contributed by atoms with Crippen LogP contribution in [0, 0.1) is 0 Å². The van der Waals surface area contributed by atoms with E-state index in [0.29, 0.717) is 18.2 Å². The number of rotatable bonds is 11. The van der Waals surface area contributed by atoms with Crippen LogP contribution in [0.25, 0.3) is 0 Å². The summed E-state index contributed by atoms with van der Waals surface area (Å²) < 4.78 is 10.3. The maximum absolute atomic E-state index is 5.47. The highest BCUT2D eigenvalue weighted by atomic mass is 32.1. The minimum absolute atomic E-state index is 0.592. The normalized spacial score (nSPS) is 10.9. The van der Waals surface area contributed by atoms with E-state index >= 15 is 0 Å². The molecule has 0 aliphatic carbocycles. The van der Waals surface area contributed by atoms with Crippen molar-refractivity contribution in [1.82, 2.24) is 4.90 Å². The average molecular weight is 248 g/mol. The van der Waals surface area contributed by atoms with Gasteiger partial charge in [0.2, 0.25) is 0 Å². The van der Waals surface area contributed by atoms with E-state index in [1.165, 1.54) is 0 Å². The molecule has 0 heterocycles. The molecule has 0 amide bonds. The highest BCUT2D eigenvalue weighted by Gasteiger charge is 2.02. The lowest BCUT2D eigenvalue weighted by atomic mass is 10.3. The second kappa shape index (κ2) is 11.3. The van der Waals surface area contributed by atoms with Crippen LogP contribution in [0.1, 0.15) is 19.8 Å². The zero-order valence-corrected chi connectivity index (χ0v) is 11.2. The van der Waals surface area contributed by atoms with Crippen molar-refractivity contribution in [2.45, 2.75) is 19.8 Å². The van der Waals surface area contributed by atoms with E-state index in [-0.39, 0.29) is 0 Å². The summed E-state index contributed by atoms with van der Waals surface area (Å²) in [7, 11) is 1.68. The summed E-state index contributed by atoms with van der Waals surface area (Å²) in [5.41, 5.74) is 5.47. The van der Waals surface area contributed by atoms with Crippen LogP contribution < -0.4 is 5.73 Å². The third-order valence-corrected chi connectivity index (χ3v) is 2.52. The summed E-state index contributed by atoms with van der Waals surface area (Å²) in [6, 6.07) is 0. The molecular formula is C11H24N2O2S. The molecule has 0 aromatic rings. The Balaban J connectivity index is 3.37. The Bertz CT molecular complexity index is 179. The Kier molecular flexibility index (Phi) is 11.1. The van der Waals surface area contributed by atoms with Gasteiger partial charge < -0.3 is 20.1 Å². The quantitative estimate of drug-likeness (QED) is 0.437. The second-order valence-electron chi connectivity index (χ2n) is 3.61. The van der Waals surface area contributed by atoms with E-state index in [0.717, 1.165) is 39.1 Å². The molecule has 0 aromatic carbocycles. The molecule has 0 aliphatic rings. The van der Waals surface area contributed by atoms with Crippen molar-refractivity contribution in [3.05, 3.63) is 0 Å². The third kappa shape index (κ3) is 10.3. The largest absolute Gasteiger partial charge is 0.393 e. The van der Waals surface area contributed by atoms with Crippen molar-refractivity contribution in [3.63, 3.8) is 0 Å². The van der Waals surface area contributed by atoms with Crippen LogP contribution in [0.4, 0.5) is 0 Å². The zero-order valence-electron chi connectivity index (χ0n) is 10.4. The van der Waals surface area contributed by atoms with E-state index < -0.39 is 0 Å². The molecule has 0 spiro atoms. The molecule has 5 heteroatoms. The van der Waals surface area contributed by atoms with E-state index in [1.807, 2.05) is 0 Å². The summed E-state index contributed by atoms with van der Waals surface area (Å²) in [6.07, 6.45) is 1.84. The van der Waals surface area contributed by atoms with Gasteiger partial charge in [-0.2, -0.15) is 0 Å². The Morgan fingerprint density at radius 1 is 1.25 bits per heavy atom. The van der Waals surface area contributed by atoms with Crippen molar-refractivity contribution < 1.29 is 9.47 Å². The molecule has 0 radical (unpaired) electrons. The number of nitrogens with zero attached hydrogens (tertiary/aromatic N) is 1. The molecule has 2 N–H and O–H groups in total. The highest BCUT2D eigenvalue weighted by Crippen LogP contribution is 1.95. The van der Waals surface area contributed by atoms with E-state index in [1.54, 1.807) is 7.11 Å². The fourth-order valence-electron chi connectivity index (χ4n) is 1.33. The van der Waals surface area contributed by atoms with Gasteiger partial charge in [-0.3, -0.25) is 0 Å². The Morgan fingerprint density at radius 2 is 2.00 bits per heavy atom. The van der Waals surface area contributed by atoms with Crippen LogP contribution in [0.3, 0.4) is 0 Å². The molecule has 16 heavy (non-hydrogen) atoms. The van der Waals surface area contributed by atoms with Gasteiger partial charge in [0, 0.05) is 33.2 Å². The SMILES string of the molecule is CCN(CCCOCCOC)CCC(N)=S. The van der Waals surface area contributed by atoms with Gasteiger partial charge in [-0.05, 0) is 13.0 Å². The fourth-order valence-corrected chi connectivity index (χ4v) is 1.42. The molecule has 0 fully saturated rings. The maximum atomic E-state index is 5.47. The lowest BCUT2D eigenvalue weighted by molar-refractivity contribution is 0.0656. The monoisotopic (exact) mass is 248 g/mol. The van der Waals surface area contributed by atoms with Gasteiger partial charge in [0.05, 0.1) is 18.2 Å². The molecule has 0 rings (SSSR count). The summed E-state index contributed by atoms with van der Waals surface area (Å²) >= 11 is 4.86. The number of hydrogen-bond acceptors (Lipinski definition) is 4. The molecule has 96 valence electrons. The van der Waals surface area contributed by atoms with Crippen LogP contribution in [0.5, 0.6) is 0 Å². The molecular weight excluding hydrogens is 224 g/mol. The first-order chi connectivity index (χ1) is 7.70. The Labute approximate surface area is 104 Å². The Hall–Kier alpha value is -0.230. The molecule has 4 nitrogen and oxygen atoms in total. The van der Waals surface area contributed by atoms with Crippen molar-refractivity contribution in [2.24, 2.45) is 5.73 Å². The topological polar surface area (TPSA) is 47.7 Å².